The van der Waals surface area contributed by atoms with Crippen molar-refractivity contribution in [1.29, 1.82) is 0 Å². The lowest BCUT2D eigenvalue weighted by atomic mass is 9.94. The molecule has 82 valence electrons. The zero-order valence-corrected chi connectivity index (χ0v) is 8.41. The fourth-order valence-electron chi connectivity index (χ4n) is 1.97. The van der Waals surface area contributed by atoms with Crippen LogP contribution in [0.2, 0.25) is 0 Å². The van der Waals surface area contributed by atoms with Gasteiger partial charge in [0.1, 0.15) is 0 Å². The molecule has 1 aliphatic rings. The smallest absolute Gasteiger partial charge is 0.312 e. The van der Waals surface area contributed by atoms with Crippen LogP contribution in [0.3, 0.4) is 0 Å². The number of hydrogen-bond acceptors (Lipinski definition) is 1. The van der Waals surface area contributed by atoms with Gasteiger partial charge in [-0.15, -0.1) is 0 Å². The predicted octanol–water partition coefficient (Wildman–Crippen LogP) is 2.66. The van der Waals surface area contributed by atoms with E-state index in [1.807, 2.05) is 0 Å². The first-order chi connectivity index (χ1) is 6.98. The van der Waals surface area contributed by atoms with Crippen LogP contribution in [0, 0.1) is 6.92 Å². The molecular formula is C11H12F3N. The number of aryl methyl sites for hydroxylation is 1. The standard InChI is InChI=1S/C11H12F3N/c1-7-4-9(11(12,13)14)5-8-2-3-15-6-10(7)8/h4-5,15H,2-3,6H2,1H3. The normalized spacial score (nSPS) is 16.3. The van der Waals surface area contributed by atoms with Crippen LogP contribution < -0.4 is 5.32 Å². The lowest BCUT2D eigenvalue weighted by molar-refractivity contribution is -0.137. The van der Waals surface area contributed by atoms with Gasteiger partial charge in [-0.05, 0) is 48.7 Å². The van der Waals surface area contributed by atoms with Gasteiger partial charge in [0.05, 0.1) is 5.56 Å². The van der Waals surface area contributed by atoms with Gasteiger partial charge in [0.15, 0.2) is 0 Å². The van der Waals surface area contributed by atoms with E-state index in [1.54, 1.807) is 6.92 Å². The first kappa shape index (κ1) is 10.5. The van der Waals surface area contributed by atoms with Crippen LogP contribution in [0.5, 0.6) is 0 Å². The molecule has 0 fully saturated rings. The van der Waals surface area contributed by atoms with Gasteiger partial charge in [0.25, 0.3) is 0 Å². The molecule has 0 aliphatic carbocycles. The van der Waals surface area contributed by atoms with E-state index in [4.69, 9.17) is 0 Å². The molecule has 0 aromatic heterocycles. The van der Waals surface area contributed by atoms with E-state index in [9.17, 15) is 13.2 Å². The molecule has 0 saturated heterocycles. The number of fused-ring (bicyclic) bond motifs is 1. The van der Waals surface area contributed by atoms with Gasteiger partial charge in [0.2, 0.25) is 0 Å². The van der Waals surface area contributed by atoms with Crippen molar-refractivity contribution in [3.63, 3.8) is 0 Å². The van der Waals surface area contributed by atoms with Crippen LogP contribution in [0.25, 0.3) is 0 Å². The molecule has 0 saturated carbocycles. The molecule has 15 heavy (non-hydrogen) atoms. The second-order valence-electron chi connectivity index (χ2n) is 3.86. The minimum Gasteiger partial charge on any atom is -0.312 e. The first-order valence-corrected chi connectivity index (χ1v) is 4.89. The summed E-state index contributed by atoms with van der Waals surface area (Å²) in [4.78, 5) is 0. The van der Waals surface area contributed by atoms with E-state index in [1.165, 1.54) is 12.1 Å². The Kier molecular flexibility index (Phi) is 2.46. The van der Waals surface area contributed by atoms with Crippen molar-refractivity contribution in [2.45, 2.75) is 26.1 Å². The Bertz CT molecular complexity index is 382. The molecule has 2 rings (SSSR count). The second kappa shape index (κ2) is 3.52. The van der Waals surface area contributed by atoms with Crippen molar-refractivity contribution in [2.75, 3.05) is 6.54 Å². The van der Waals surface area contributed by atoms with Crippen molar-refractivity contribution < 1.29 is 13.2 Å². The molecule has 1 aliphatic heterocycles. The Labute approximate surface area is 86.3 Å². The van der Waals surface area contributed by atoms with Crippen LogP contribution >= 0.6 is 0 Å². The molecule has 1 N–H and O–H groups in total. The van der Waals surface area contributed by atoms with E-state index in [0.29, 0.717) is 13.0 Å². The van der Waals surface area contributed by atoms with Gasteiger partial charge < -0.3 is 5.32 Å². The van der Waals surface area contributed by atoms with Gasteiger partial charge >= 0.3 is 6.18 Å². The molecule has 1 nitrogen and oxygen atoms in total. The van der Waals surface area contributed by atoms with Gasteiger partial charge in [-0.1, -0.05) is 0 Å². The molecule has 0 bridgehead atoms. The van der Waals surface area contributed by atoms with Crippen molar-refractivity contribution in [3.05, 3.63) is 34.4 Å². The van der Waals surface area contributed by atoms with Crippen molar-refractivity contribution in [1.82, 2.24) is 5.32 Å². The van der Waals surface area contributed by atoms with E-state index in [2.05, 4.69) is 5.32 Å². The zero-order valence-electron chi connectivity index (χ0n) is 8.41. The van der Waals surface area contributed by atoms with Gasteiger partial charge in [0, 0.05) is 6.54 Å². The van der Waals surface area contributed by atoms with E-state index in [-0.39, 0.29) is 0 Å². The Balaban J connectivity index is 2.50. The largest absolute Gasteiger partial charge is 0.416 e. The fourth-order valence-corrected chi connectivity index (χ4v) is 1.97. The van der Waals surface area contributed by atoms with Crippen molar-refractivity contribution >= 4 is 0 Å². The maximum Gasteiger partial charge on any atom is 0.416 e. The average molecular weight is 215 g/mol. The molecule has 1 aromatic carbocycles. The second-order valence-corrected chi connectivity index (χ2v) is 3.86. The molecule has 1 aromatic rings. The topological polar surface area (TPSA) is 12.0 Å². The summed E-state index contributed by atoms with van der Waals surface area (Å²) in [5.41, 5.74) is 2.06. The minimum absolute atomic E-state index is 0.527. The summed E-state index contributed by atoms with van der Waals surface area (Å²) in [5.74, 6) is 0. The summed E-state index contributed by atoms with van der Waals surface area (Å²) >= 11 is 0. The van der Waals surface area contributed by atoms with Crippen molar-refractivity contribution in [3.8, 4) is 0 Å². The summed E-state index contributed by atoms with van der Waals surface area (Å²) < 4.78 is 37.6. The number of benzene rings is 1. The number of nitrogens with one attached hydrogen (secondary N) is 1. The maximum atomic E-state index is 12.5. The van der Waals surface area contributed by atoms with Crippen LogP contribution in [0.1, 0.15) is 22.3 Å². The predicted molar refractivity (Wildman–Crippen MR) is 51.6 cm³/mol. The molecule has 0 amide bonds. The first-order valence-electron chi connectivity index (χ1n) is 4.89. The van der Waals surface area contributed by atoms with Crippen LogP contribution in [0.4, 0.5) is 13.2 Å². The number of halogens is 3. The Morgan fingerprint density at radius 1 is 1.27 bits per heavy atom. The third kappa shape index (κ3) is 2.00. The summed E-state index contributed by atoms with van der Waals surface area (Å²) in [5, 5.41) is 3.16. The lowest BCUT2D eigenvalue weighted by Crippen LogP contribution is -2.25. The van der Waals surface area contributed by atoms with E-state index >= 15 is 0 Å². The highest BCUT2D eigenvalue weighted by molar-refractivity contribution is 5.41. The molecule has 0 radical (unpaired) electrons. The molecule has 0 spiro atoms. The molecule has 4 heteroatoms. The highest BCUT2D eigenvalue weighted by Gasteiger charge is 2.31. The van der Waals surface area contributed by atoms with E-state index in [0.717, 1.165) is 23.2 Å². The van der Waals surface area contributed by atoms with Gasteiger partial charge in [-0.25, -0.2) is 0 Å². The minimum atomic E-state index is -4.23. The summed E-state index contributed by atoms with van der Waals surface area (Å²) in [6, 6.07) is 2.51. The summed E-state index contributed by atoms with van der Waals surface area (Å²) in [7, 11) is 0. The van der Waals surface area contributed by atoms with Crippen LogP contribution in [0.15, 0.2) is 12.1 Å². The maximum absolute atomic E-state index is 12.5. The molecule has 0 atom stereocenters. The van der Waals surface area contributed by atoms with Crippen LogP contribution in [-0.4, -0.2) is 6.54 Å². The Morgan fingerprint density at radius 2 is 2.00 bits per heavy atom. The quantitative estimate of drug-likeness (QED) is 0.701. The van der Waals surface area contributed by atoms with E-state index < -0.39 is 11.7 Å². The molecule has 1 heterocycles. The average Bonchev–Trinajstić information content (AvgIpc) is 2.16. The van der Waals surface area contributed by atoms with Crippen LogP contribution in [-0.2, 0) is 19.1 Å². The number of alkyl halides is 3. The number of rotatable bonds is 0. The Morgan fingerprint density at radius 3 is 2.67 bits per heavy atom. The SMILES string of the molecule is Cc1cc(C(F)(F)F)cc2c1CNCC2. The summed E-state index contributed by atoms with van der Waals surface area (Å²) in [6.07, 6.45) is -3.55. The third-order valence-electron chi connectivity index (χ3n) is 2.77. The highest BCUT2D eigenvalue weighted by Crippen LogP contribution is 2.32. The molecule has 0 unspecified atom stereocenters. The Hall–Kier alpha value is -1.03. The monoisotopic (exact) mass is 215 g/mol. The third-order valence-corrected chi connectivity index (χ3v) is 2.77. The van der Waals surface area contributed by atoms with Crippen molar-refractivity contribution in [2.24, 2.45) is 0 Å². The fraction of sp³-hybridized carbons (Fsp3) is 0.455. The lowest BCUT2D eigenvalue weighted by Gasteiger charge is -2.21. The molecular weight excluding hydrogens is 203 g/mol. The van der Waals surface area contributed by atoms with Gasteiger partial charge in [-0.2, -0.15) is 13.2 Å². The highest BCUT2D eigenvalue weighted by atomic mass is 19.4. The number of hydrogen-bond donors (Lipinski definition) is 1. The summed E-state index contributed by atoms with van der Waals surface area (Å²) in [6.45, 7) is 3.17. The van der Waals surface area contributed by atoms with Gasteiger partial charge in [-0.3, -0.25) is 0 Å². The zero-order chi connectivity index (χ0) is 11.1.